The second-order valence-electron chi connectivity index (χ2n) is 7.66. The fraction of sp³-hybridized carbons (Fsp3) is 0.167. The van der Waals surface area contributed by atoms with Gasteiger partial charge in [0.25, 0.3) is 11.8 Å². The largest absolute Gasteiger partial charge is 0.573 e. The monoisotopic (exact) mass is 484 g/mol. The molecule has 2 heterocycles. The molecule has 11 heteroatoms. The summed E-state index contributed by atoms with van der Waals surface area (Å²) in [7, 11) is 1.62. The van der Waals surface area contributed by atoms with Gasteiger partial charge in [-0.05, 0) is 54.1 Å². The molecule has 2 aromatic carbocycles. The summed E-state index contributed by atoms with van der Waals surface area (Å²) < 4.78 is 40.9. The Bertz CT molecular complexity index is 1250. The van der Waals surface area contributed by atoms with Crippen LogP contribution in [-0.4, -0.2) is 47.7 Å². The number of aromatic nitrogens is 1. The molecule has 0 radical (unpaired) electrons. The molecule has 1 aliphatic rings. The van der Waals surface area contributed by atoms with Crippen molar-refractivity contribution in [3.8, 4) is 5.75 Å². The maximum Gasteiger partial charge on any atom is 0.573 e. The summed E-state index contributed by atoms with van der Waals surface area (Å²) in [6.45, 7) is -0.191. The fourth-order valence-corrected chi connectivity index (χ4v) is 3.58. The molecule has 0 bridgehead atoms. The number of para-hydroxylation sites is 1. The van der Waals surface area contributed by atoms with Crippen molar-refractivity contribution in [1.29, 1.82) is 0 Å². The maximum absolute atomic E-state index is 12.9. The summed E-state index contributed by atoms with van der Waals surface area (Å²) >= 11 is 0. The standard InChI is InChI=1S/C24H19F3N4O4/c1-29(17-5-3-2-4-6-17)22(33)20-13-16(11-12-28-20)14-30-15-21(32)31(23(30)34)18-7-9-19(10-8-18)35-24(25,26)27/h2-13H,14-15H2,1H3. The Kier molecular flexibility index (Phi) is 6.41. The third-order valence-electron chi connectivity index (χ3n) is 5.23. The van der Waals surface area contributed by atoms with E-state index < -0.39 is 24.1 Å². The number of imide groups is 1. The zero-order chi connectivity index (χ0) is 25.2. The molecule has 3 aromatic rings. The number of amides is 4. The first-order valence-electron chi connectivity index (χ1n) is 10.4. The number of benzene rings is 2. The van der Waals surface area contributed by atoms with E-state index in [9.17, 15) is 27.6 Å². The van der Waals surface area contributed by atoms with E-state index in [2.05, 4.69) is 9.72 Å². The van der Waals surface area contributed by atoms with Crippen LogP contribution >= 0.6 is 0 Å². The van der Waals surface area contributed by atoms with Crippen molar-refractivity contribution in [2.24, 2.45) is 0 Å². The van der Waals surface area contributed by atoms with Crippen LogP contribution in [0, 0.1) is 0 Å². The molecule has 1 aromatic heterocycles. The number of nitrogens with zero attached hydrogens (tertiary/aromatic N) is 4. The third-order valence-corrected chi connectivity index (χ3v) is 5.23. The van der Waals surface area contributed by atoms with Gasteiger partial charge in [-0.1, -0.05) is 18.2 Å². The first kappa shape index (κ1) is 23.7. The van der Waals surface area contributed by atoms with Crippen LogP contribution in [0.4, 0.5) is 29.3 Å². The van der Waals surface area contributed by atoms with Gasteiger partial charge in [0.1, 0.15) is 18.0 Å². The fourth-order valence-electron chi connectivity index (χ4n) is 3.58. The number of urea groups is 1. The van der Waals surface area contributed by atoms with Gasteiger partial charge in [-0.2, -0.15) is 0 Å². The van der Waals surface area contributed by atoms with Crippen LogP contribution in [0.15, 0.2) is 72.9 Å². The number of hydrogen-bond donors (Lipinski definition) is 0. The lowest BCUT2D eigenvalue weighted by molar-refractivity contribution is -0.274. The van der Waals surface area contributed by atoms with Gasteiger partial charge in [-0.25, -0.2) is 9.69 Å². The van der Waals surface area contributed by atoms with Gasteiger partial charge >= 0.3 is 12.4 Å². The maximum atomic E-state index is 12.9. The van der Waals surface area contributed by atoms with E-state index in [1.807, 2.05) is 18.2 Å². The number of hydrogen-bond acceptors (Lipinski definition) is 5. The SMILES string of the molecule is CN(C(=O)c1cc(CN2CC(=O)N(c3ccc(OC(F)(F)F)cc3)C2=O)ccn1)c1ccccc1. The van der Waals surface area contributed by atoms with E-state index in [4.69, 9.17) is 0 Å². The lowest BCUT2D eigenvalue weighted by atomic mass is 10.2. The predicted molar refractivity (Wildman–Crippen MR) is 120 cm³/mol. The Hall–Kier alpha value is -4.41. The Morgan fingerprint density at radius 2 is 1.74 bits per heavy atom. The molecule has 0 saturated carbocycles. The molecule has 4 amide bonds. The van der Waals surface area contributed by atoms with Gasteiger partial charge in [-0.15, -0.1) is 13.2 Å². The van der Waals surface area contributed by atoms with E-state index >= 15 is 0 Å². The molecule has 180 valence electrons. The smallest absolute Gasteiger partial charge is 0.406 e. The zero-order valence-electron chi connectivity index (χ0n) is 18.4. The topological polar surface area (TPSA) is 83.0 Å². The summed E-state index contributed by atoms with van der Waals surface area (Å²) in [6.07, 6.45) is -3.40. The summed E-state index contributed by atoms with van der Waals surface area (Å²) in [4.78, 5) is 45.9. The number of halogens is 3. The number of carbonyl (C=O) groups excluding carboxylic acids is 3. The number of alkyl halides is 3. The number of pyridine rings is 1. The Balaban J connectivity index is 1.46. The Morgan fingerprint density at radius 1 is 1.06 bits per heavy atom. The highest BCUT2D eigenvalue weighted by Crippen LogP contribution is 2.28. The van der Waals surface area contributed by atoms with Crippen molar-refractivity contribution in [1.82, 2.24) is 9.88 Å². The second-order valence-corrected chi connectivity index (χ2v) is 7.66. The first-order valence-corrected chi connectivity index (χ1v) is 10.4. The van der Waals surface area contributed by atoms with Crippen LogP contribution in [0.25, 0.3) is 0 Å². The average Bonchev–Trinajstić information content (AvgIpc) is 3.11. The quantitative estimate of drug-likeness (QED) is 0.489. The van der Waals surface area contributed by atoms with Crippen molar-refractivity contribution in [2.45, 2.75) is 12.9 Å². The van der Waals surface area contributed by atoms with Crippen LogP contribution in [0.5, 0.6) is 5.75 Å². The average molecular weight is 484 g/mol. The van der Waals surface area contributed by atoms with Gasteiger partial charge in [0.15, 0.2) is 0 Å². The number of ether oxygens (including phenoxy) is 1. The van der Waals surface area contributed by atoms with Gasteiger partial charge in [0.2, 0.25) is 0 Å². The molecule has 1 saturated heterocycles. The summed E-state index contributed by atoms with van der Waals surface area (Å²) in [6, 6.07) is 16.0. The minimum absolute atomic E-state index is 0.0359. The minimum atomic E-state index is -4.85. The van der Waals surface area contributed by atoms with Crippen molar-refractivity contribution < 1.29 is 32.3 Å². The highest BCUT2D eigenvalue weighted by Gasteiger charge is 2.37. The normalized spacial score (nSPS) is 13.8. The summed E-state index contributed by atoms with van der Waals surface area (Å²) in [5.41, 5.74) is 1.56. The highest BCUT2D eigenvalue weighted by atomic mass is 19.4. The number of rotatable bonds is 6. The van der Waals surface area contributed by atoms with Crippen LogP contribution in [-0.2, 0) is 11.3 Å². The molecule has 0 atom stereocenters. The van der Waals surface area contributed by atoms with Crippen LogP contribution in [0.2, 0.25) is 0 Å². The van der Waals surface area contributed by atoms with Crippen LogP contribution in [0.1, 0.15) is 16.1 Å². The lowest BCUT2D eigenvalue weighted by Crippen LogP contribution is -2.33. The molecule has 0 N–H and O–H groups in total. The van der Waals surface area contributed by atoms with E-state index in [1.165, 1.54) is 28.1 Å². The van der Waals surface area contributed by atoms with E-state index in [0.717, 1.165) is 17.0 Å². The van der Waals surface area contributed by atoms with Crippen molar-refractivity contribution in [3.05, 3.63) is 84.2 Å². The Morgan fingerprint density at radius 3 is 2.40 bits per heavy atom. The lowest BCUT2D eigenvalue weighted by Gasteiger charge is -2.19. The van der Waals surface area contributed by atoms with E-state index in [1.54, 1.807) is 31.3 Å². The minimum Gasteiger partial charge on any atom is -0.406 e. The molecule has 1 fully saturated rings. The first-order chi connectivity index (χ1) is 16.6. The molecular weight excluding hydrogens is 465 g/mol. The molecular formula is C24H19F3N4O4. The van der Waals surface area contributed by atoms with E-state index in [0.29, 0.717) is 11.3 Å². The van der Waals surface area contributed by atoms with Gasteiger partial charge in [0.05, 0.1) is 5.69 Å². The van der Waals surface area contributed by atoms with Gasteiger partial charge < -0.3 is 14.5 Å². The second kappa shape index (κ2) is 9.45. The van der Waals surface area contributed by atoms with Gasteiger partial charge in [0, 0.05) is 25.5 Å². The molecule has 8 nitrogen and oxygen atoms in total. The number of carbonyl (C=O) groups is 3. The van der Waals surface area contributed by atoms with Gasteiger partial charge in [-0.3, -0.25) is 14.6 Å². The molecule has 1 aliphatic heterocycles. The van der Waals surface area contributed by atoms with Crippen LogP contribution in [0.3, 0.4) is 0 Å². The van der Waals surface area contributed by atoms with E-state index in [-0.39, 0.29) is 30.4 Å². The van der Waals surface area contributed by atoms with Crippen molar-refractivity contribution in [2.75, 3.05) is 23.4 Å². The molecule has 0 unspecified atom stereocenters. The molecule has 35 heavy (non-hydrogen) atoms. The Labute approximate surface area is 198 Å². The predicted octanol–water partition coefficient (Wildman–Crippen LogP) is 4.23. The third kappa shape index (κ3) is 5.40. The number of anilines is 2. The molecule has 4 rings (SSSR count). The van der Waals surface area contributed by atoms with Crippen molar-refractivity contribution >= 4 is 29.2 Å². The zero-order valence-corrected chi connectivity index (χ0v) is 18.4. The van der Waals surface area contributed by atoms with Crippen molar-refractivity contribution in [3.63, 3.8) is 0 Å². The van der Waals surface area contributed by atoms with Crippen LogP contribution < -0.4 is 14.5 Å². The summed E-state index contributed by atoms with van der Waals surface area (Å²) in [5.74, 6) is -1.34. The molecule has 0 spiro atoms. The highest BCUT2D eigenvalue weighted by molar-refractivity contribution is 6.19. The summed E-state index contributed by atoms with van der Waals surface area (Å²) in [5, 5.41) is 0. The molecule has 0 aliphatic carbocycles.